The third-order valence-electron chi connectivity index (χ3n) is 2.82. The predicted molar refractivity (Wildman–Crippen MR) is 81.4 cm³/mol. The van der Waals surface area contributed by atoms with Gasteiger partial charge in [0.1, 0.15) is 12.6 Å². The number of carbonyl (C=O) groups is 2. The summed E-state index contributed by atoms with van der Waals surface area (Å²) in [5.74, 6) is -1.10. The van der Waals surface area contributed by atoms with Crippen LogP contribution in [0.25, 0.3) is 0 Å². The van der Waals surface area contributed by atoms with E-state index in [2.05, 4.69) is 11.9 Å². The number of ether oxygens (including phenoxy) is 2. The quantitative estimate of drug-likeness (QED) is 0.512. The van der Waals surface area contributed by atoms with Crippen LogP contribution in [0, 0.1) is 0 Å². The highest BCUT2D eigenvalue weighted by Gasteiger charge is 2.19. The zero-order valence-electron chi connectivity index (χ0n) is 12.4. The smallest absolute Gasteiger partial charge is 0.408 e. The molecule has 0 saturated heterocycles. The minimum Gasteiger partial charge on any atom is -0.480 e. The number of hydrogen-bond donors (Lipinski definition) is 2. The fraction of sp³-hybridized carbons (Fsp3) is 0.375. The van der Waals surface area contributed by atoms with Gasteiger partial charge in [-0.3, -0.25) is 0 Å². The van der Waals surface area contributed by atoms with E-state index >= 15 is 0 Å². The predicted octanol–water partition coefficient (Wildman–Crippen LogP) is 2.35. The van der Waals surface area contributed by atoms with E-state index in [0.717, 1.165) is 5.56 Å². The van der Waals surface area contributed by atoms with Crippen molar-refractivity contribution in [3.8, 4) is 0 Å². The van der Waals surface area contributed by atoms with Crippen molar-refractivity contribution in [2.45, 2.75) is 25.5 Å². The first kappa shape index (κ1) is 17.7. The zero-order valence-corrected chi connectivity index (χ0v) is 12.4. The van der Waals surface area contributed by atoms with Crippen molar-refractivity contribution in [2.75, 3.05) is 13.2 Å². The molecule has 6 heteroatoms. The van der Waals surface area contributed by atoms with Gasteiger partial charge >= 0.3 is 12.1 Å². The number of nitrogens with one attached hydrogen (secondary N) is 1. The molecule has 0 aliphatic carbocycles. The van der Waals surface area contributed by atoms with E-state index in [-0.39, 0.29) is 13.0 Å². The van der Waals surface area contributed by atoms with E-state index in [9.17, 15) is 9.59 Å². The maximum absolute atomic E-state index is 11.3. The molecule has 1 amide bonds. The summed E-state index contributed by atoms with van der Waals surface area (Å²) in [6.45, 7) is 4.34. The SMILES string of the molecule is C=CCOC(=O)NC(CCCOCc1ccccc1)C(=O)O. The van der Waals surface area contributed by atoms with Gasteiger partial charge in [0.15, 0.2) is 0 Å². The summed E-state index contributed by atoms with van der Waals surface area (Å²) in [6.07, 6.45) is 1.43. The van der Waals surface area contributed by atoms with E-state index in [0.29, 0.717) is 19.6 Å². The Morgan fingerprint density at radius 2 is 2.05 bits per heavy atom. The van der Waals surface area contributed by atoms with Gasteiger partial charge < -0.3 is 19.9 Å². The second kappa shape index (κ2) is 10.4. The number of carboxylic acids is 1. The van der Waals surface area contributed by atoms with Crippen LogP contribution in [-0.4, -0.2) is 36.4 Å². The van der Waals surface area contributed by atoms with Crippen molar-refractivity contribution in [3.05, 3.63) is 48.6 Å². The molecular weight excluding hydrogens is 286 g/mol. The molecule has 0 bridgehead atoms. The van der Waals surface area contributed by atoms with Crippen molar-refractivity contribution >= 4 is 12.1 Å². The average molecular weight is 307 g/mol. The molecule has 0 aliphatic heterocycles. The average Bonchev–Trinajstić information content (AvgIpc) is 2.52. The largest absolute Gasteiger partial charge is 0.480 e. The highest BCUT2D eigenvalue weighted by molar-refractivity contribution is 5.79. The highest BCUT2D eigenvalue weighted by Crippen LogP contribution is 2.03. The maximum Gasteiger partial charge on any atom is 0.408 e. The number of rotatable bonds is 10. The Morgan fingerprint density at radius 1 is 1.32 bits per heavy atom. The standard InChI is InChI=1S/C16H21NO5/c1-2-10-22-16(20)17-14(15(18)19)9-6-11-21-12-13-7-4-3-5-8-13/h2-5,7-8,14H,1,6,9-12H2,(H,17,20)(H,18,19). The van der Waals surface area contributed by atoms with Crippen molar-refractivity contribution in [1.82, 2.24) is 5.32 Å². The fourth-order valence-corrected chi connectivity index (χ4v) is 1.73. The van der Waals surface area contributed by atoms with E-state index in [1.807, 2.05) is 30.3 Å². The number of hydrogen-bond acceptors (Lipinski definition) is 4. The summed E-state index contributed by atoms with van der Waals surface area (Å²) in [5, 5.41) is 11.3. The molecule has 0 fully saturated rings. The molecule has 1 unspecified atom stereocenters. The number of carboxylic acid groups (broad SMARTS) is 1. The van der Waals surface area contributed by atoms with Crippen molar-refractivity contribution in [1.29, 1.82) is 0 Å². The molecule has 0 saturated carbocycles. The third kappa shape index (κ3) is 7.44. The van der Waals surface area contributed by atoms with Crippen LogP contribution >= 0.6 is 0 Å². The van der Waals surface area contributed by atoms with Gasteiger partial charge in [-0.2, -0.15) is 0 Å². The summed E-state index contributed by atoms with van der Waals surface area (Å²) in [5.41, 5.74) is 1.06. The van der Waals surface area contributed by atoms with Crippen molar-refractivity contribution < 1.29 is 24.2 Å². The summed E-state index contributed by atoms with van der Waals surface area (Å²) < 4.78 is 10.2. The molecule has 1 atom stereocenters. The first-order valence-electron chi connectivity index (χ1n) is 7.02. The number of alkyl carbamates (subject to hydrolysis) is 1. The van der Waals surface area contributed by atoms with Crippen LogP contribution in [0.2, 0.25) is 0 Å². The lowest BCUT2D eigenvalue weighted by atomic mass is 10.1. The first-order valence-corrected chi connectivity index (χ1v) is 7.02. The van der Waals surface area contributed by atoms with Crippen LogP contribution in [0.15, 0.2) is 43.0 Å². The van der Waals surface area contributed by atoms with Gasteiger partial charge in [-0.25, -0.2) is 9.59 Å². The number of carbonyl (C=O) groups excluding carboxylic acids is 1. The topological polar surface area (TPSA) is 84.9 Å². The van der Waals surface area contributed by atoms with Crippen LogP contribution in [-0.2, 0) is 20.9 Å². The highest BCUT2D eigenvalue weighted by atomic mass is 16.5. The van der Waals surface area contributed by atoms with Crippen LogP contribution in [0.5, 0.6) is 0 Å². The maximum atomic E-state index is 11.3. The lowest BCUT2D eigenvalue weighted by Gasteiger charge is -2.14. The second-order valence-electron chi connectivity index (χ2n) is 4.60. The van der Waals surface area contributed by atoms with Crippen LogP contribution < -0.4 is 5.32 Å². The minimum atomic E-state index is -1.10. The molecule has 0 spiro atoms. The number of benzene rings is 1. The van der Waals surface area contributed by atoms with Gasteiger partial charge in [0.2, 0.25) is 0 Å². The van der Waals surface area contributed by atoms with Crippen molar-refractivity contribution in [2.24, 2.45) is 0 Å². The molecule has 0 aliphatic rings. The van der Waals surface area contributed by atoms with Gasteiger partial charge in [-0.15, -0.1) is 0 Å². The molecule has 1 rings (SSSR count). The van der Waals surface area contributed by atoms with Gasteiger partial charge in [0.25, 0.3) is 0 Å². The van der Waals surface area contributed by atoms with Gasteiger partial charge in [0.05, 0.1) is 6.61 Å². The summed E-state index contributed by atoms with van der Waals surface area (Å²) in [4.78, 5) is 22.4. The molecule has 22 heavy (non-hydrogen) atoms. The molecule has 120 valence electrons. The zero-order chi connectivity index (χ0) is 16.2. The van der Waals surface area contributed by atoms with Gasteiger partial charge in [-0.1, -0.05) is 43.0 Å². The molecule has 0 heterocycles. The molecule has 1 aromatic carbocycles. The fourth-order valence-electron chi connectivity index (χ4n) is 1.73. The van der Waals surface area contributed by atoms with Crippen LogP contribution in [0.3, 0.4) is 0 Å². The lowest BCUT2D eigenvalue weighted by Crippen LogP contribution is -2.41. The van der Waals surface area contributed by atoms with E-state index in [4.69, 9.17) is 14.6 Å². The Bertz CT molecular complexity index is 475. The second-order valence-corrected chi connectivity index (χ2v) is 4.60. The molecule has 0 aromatic heterocycles. The Hall–Kier alpha value is -2.34. The molecule has 1 aromatic rings. The number of aliphatic carboxylic acids is 1. The Labute approximate surface area is 129 Å². The van der Waals surface area contributed by atoms with Crippen molar-refractivity contribution in [3.63, 3.8) is 0 Å². The summed E-state index contributed by atoms with van der Waals surface area (Å²) in [6, 6.07) is 8.71. The van der Waals surface area contributed by atoms with E-state index in [1.54, 1.807) is 0 Å². The molecular formula is C16H21NO5. The summed E-state index contributed by atoms with van der Waals surface area (Å²) in [7, 11) is 0. The normalized spacial score (nSPS) is 11.5. The third-order valence-corrected chi connectivity index (χ3v) is 2.82. The molecule has 0 radical (unpaired) electrons. The van der Waals surface area contributed by atoms with Gasteiger partial charge in [0, 0.05) is 6.61 Å². The number of amides is 1. The Balaban J connectivity index is 2.22. The molecule has 2 N–H and O–H groups in total. The monoisotopic (exact) mass is 307 g/mol. The van der Waals surface area contributed by atoms with Gasteiger partial charge in [-0.05, 0) is 18.4 Å². The first-order chi connectivity index (χ1) is 10.6. The van der Waals surface area contributed by atoms with Crippen LogP contribution in [0.4, 0.5) is 4.79 Å². The van der Waals surface area contributed by atoms with Crippen LogP contribution in [0.1, 0.15) is 18.4 Å². The van der Waals surface area contributed by atoms with E-state index < -0.39 is 18.1 Å². The minimum absolute atomic E-state index is 0.0400. The summed E-state index contributed by atoms with van der Waals surface area (Å²) >= 11 is 0. The lowest BCUT2D eigenvalue weighted by molar-refractivity contribution is -0.139. The van der Waals surface area contributed by atoms with E-state index in [1.165, 1.54) is 6.08 Å². The Kier molecular flexibility index (Phi) is 8.37. The molecule has 6 nitrogen and oxygen atoms in total. The Morgan fingerprint density at radius 3 is 2.68 bits per heavy atom.